The van der Waals surface area contributed by atoms with Crippen molar-refractivity contribution in [3.05, 3.63) is 29.8 Å². The Morgan fingerprint density at radius 2 is 2.25 bits per heavy atom. The number of anilines is 1. The lowest BCUT2D eigenvalue weighted by molar-refractivity contribution is -0.120. The van der Waals surface area contributed by atoms with Gasteiger partial charge in [0, 0.05) is 12.2 Å². The van der Waals surface area contributed by atoms with E-state index in [1.807, 2.05) is 24.3 Å². The molecule has 0 aromatic heterocycles. The average molecular weight is 220 g/mol. The third kappa shape index (κ3) is 4.34. The molecule has 0 aliphatic heterocycles. The third-order valence-corrected chi connectivity index (χ3v) is 2.66. The fourth-order valence-corrected chi connectivity index (χ4v) is 1.38. The van der Waals surface area contributed by atoms with Gasteiger partial charge >= 0.3 is 0 Å². The first-order valence-electron chi connectivity index (χ1n) is 5.73. The number of hydrogen-bond donors (Lipinski definition) is 2. The number of nitrogens with one attached hydrogen (secondary N) is 1. The fraction of sp³-hybridized carbons (Fsp3) is 0.462. The topological polar surface area (TPSA) is 55.1 Å². The van der Waals surface area contributed by atoms with Crippen LogP contribution in [0, 0.1) is 5.92 Å². The summed E-state index contributed by atoms with van der Waals surface area (Å²) >= 11 is 0. The minimum atomic E-state index is 0.0610. The van der Waals surface area contributed by atoms with Crippen LogP contribution in [0.15, 0.2) is 24.3 Å². The molecule has 0 aliphatic carbocycles. The van der Waals surface area contributed by atoms with Crippen molar-refractivity contribution in [2.75, 3.05) is 12.3 Å². The Morgan fingerprint density at radius 1 is 1.50 bits per heavy atom. The van der Waals surface area contributed by atoms with Gasteiger partial charge in [-0.05, 0) is 23.6 Å². The number of nitrogen functional groups attached to an aromatic ring is 1. The summed E-state index contributed by atoms with van der Waals surface area (Å²) in [5.74, 6) is 0.593. The smallest absolute Gasteiger partial charge is 0.224 e. The molecule has 0 saturated carbocycles. The maximum absolute atomic E-state index is 11.6. The fourth-order valence-electron chi connectivity index (χ4n) is 1.38. The number of rotatable bonds is 5. The SMILES string of the molecule is CCC(C)CNC(=O)Cc1cccc(N)c1. The van der Waals surface area contributed by atoms with E-state index in [0.29, 0.717) is 18.0 Å². The van der Waals surface area contributed by atoms with Crippen LogP contribution in [0.5, 0.6) is 0 Å². The van der Waals surface area contributed by atoms with Gasteiger partial charge in [0.15, 0.2) is 0 Å². The Labute approximate surface area is 97.0 Å². The largest absolute Gasteiger partial charge is 0.399 e. The maximum atomic E-state index is 11.6. The van der Waals surface area contributed by atoms with Crippen LogP contribution in [0.4, 0.5) is 5.69 Å². The highest BCUT2D eigenvalue weighted by molar-refractivity contribution is 5.78. The van der Waals surface area contributed by atoms with Crippen LogP contribution in [0.3, 0.4) is 0 Å². The molecule has 0 bridgehead atoms. The standard InChI is InChI=1S/C13H20N2O/c1-3-10(2)9-15-13(16)8-11-5-4-6-12(14)7-11/h4-7,10H,3,8-9,14H2,1-2H3,(H,15,16). The first kappa shape index (κ1) is 12.6. The molecule has 3 nitrogen and oxygen atoms in total. The molecule has 1 aromatic rings. The Hall–Kier alpha value is -1.51. The molecule has 1 amide bonds. The highest BCUT2D eigenvalue weighted by atomic mass is 16.1. The second-order valence-electron chi connectivity index (χ2n) is 4.24. The molecule has 3 heteroatoms. The second-order valence-corrected chi connectivity index (χ2v) is 4.24. The Morgan fingerprint density at radius 3 is 2.88 bits per heavy atom. The summed E-state index contributed by atoms with van der Waals surface area (Å²) in [6.45, 7) is 4.99. The van der Waals surface area contributed by atoms with Crippen LogP contribution in [-0.4, -0.2) is 12.5 Å². The number of nitrogens with two attached hydrogens (primary N) is 1. The van der Waals surface area contributed by atoms with Gasteiger partial charge in [0.25, 0.3) is 0 Å². The second kappa shape index (κ2) is 6.16. The molecule has 1 unspecified atom stereocenters. The van der Waals surface area contributed by atoms with Crippen molar-refractivity contribution < 1.29 is 4.79 Å². The Kier molecular flexibility index (Phi) is 4.83. The van der Waals surface area contributed by atoms with Gasteiger partial charge in [0.2, 0.25) is 5.91 Å². The number of hydrogen-bond acceptors (Lipinski definition) is 2. The van der Waals surface area contributed by atoms with Gasteiger partial charge in [-0.1, -0.05) is 32.4 Å². The van der Waals surface area contributed by atoms with Crippen LogP contribution in [0.1, 0.15) is 25.8 Å². The number of carbonyl (C=O) groups is 1. The van der Waals surface area contributed by atoms with Gasteiger partial charge < -0.3 is 11.1 Å². The highest BCUT2D eigenvalue weighted by Crippen LogP contribution is 2.07. The summed E-state index contributed by atoms with van der Waals surface area (Å²) in [6, 6.07) is 7.44. The van der Waals surface area contributed by atoms with Gasteiger partial charge in [0.05, 0.1) is 6.42 Å². The van der Waals surface area contributed by atoms with Gasteiger partial charge in [-0.15, -0.1) is 0 Å². The van der Waals surface area contributed by atoms with Crippen molar-refractivity contribution in [1.29, 1.82) is 0 Å². The van der Waals surface area contributed by atoms with E-state index in [1.165, 1.54) is 0 Å². The van der Waals surface area contributed by atoms with Crippen molar-refractivity contribution in [3.63, 3.8) is 0 Å². The van der Waals surface area contributed by atoms with E-state index in [9.17, 15) is 4.79 Å². The maximum Gasteiger partial charge on any atom is 0.224 e. The van der Waals surface area contributed by atoms with Crippen LogP contribution < -0.4 is 11.1 Å². The Bertz CT molecular complexity index is 350. The minimum Gasteiger partial charge on any atom is -0.399 e. The molecule has 1 atom stereocenters. The zero-order valence-electron chi connectivity index (χ0n) is 9.99. The molecule has 0 heterocycles. The van der Waals surface area contributed by atoms with Crippen LogP contribution in [0.25, 0.3) is 0 Å². The summed E-state index contributed by atoms with van der Waals surface area (Å²) < 4.78 is 0. The van der Waals surface area contributed by atoms with E-state index >= 15 is 0 Å². The molecule has 88 valence electrons. The molecule has 0 saturated heterocycles. The third-order valence-electron chi connectivity index (χ3n) is 2.66. The van der Waals surface area contributed by atoms with E-state index in [-0.39, 0.29) is 5.91 Å². The van der Waals surface area contributed by atoms with Crippen LogP contribution in [0.2, 0.25) is 0 Å². The molecular formula is C13H20N2O. The predicted octanol–water partition coefficient (Wildman–Crippen LogP) is 1.97. The molecular weight excluding hydrogens is 200 g/mol. The van der Waals surface area contributed by atoms with Gasteiger partial charge in [-0.2, -0.15) is 0 Å². The summed E-state index contributed by atoms with van der Waals surface area (Å²) in [4.78, 5) is 11.6. The lowest BCUT2D eigenvalue weighted by atomic mass is 10.1. The molecule has 0 spiro atoms. The summed E-state index contributed by atoms with van der Waals surface area (Å²) in [5.41, 5.74) is 7.31. The van der Waals surface area contributed by atoms with E-state index in [2.05, 4.69) is 19.2 Å². The quantitative estimate of drug-likeness (QED) is 0.745. The van der Waals surface area contributed by atoms with E-state index in [1.54, 1.807) is 0 Å². The molecule has 1 aromatic carbocycles. The van der Waals surface area contributed by atoms with Gasteiger partial charge in [0.1, 0.15) is 0 Å². The number of carbonyl (C=O) groups excluding carboxylic acids is 1. The molecule has 16 heavy (non-hydrogen) atoms. The minimum absolute atomic E-state index is 0.0610. The number of amides is 1. The summed E-state index contributed by atoms with van der Waals surface area (Å²) in [5, 5.41) is 2.92. The summed E-state index contributed by atoms with van der Waals surface area (Å²) in [6.07, 6.45) is 1.49. The predicted molar refractivity (Wildman–Crippen MR) is 67.0 cm³/mol. The number of benzene rings is 1. The van der Waals surface area contributed by atoms with Gasteiger partial charge in [-0.3, -0.25) is 4.79 Å². The zero-order valence-corrected chi connectivity index (χ0v) is 9.99. The normalized spacial score (nSPS) is 12.1. The lowest BCUT2D eigenvalue weighted by Crippen LogP contribution is -2.29. The van der Waals surface area contributed by atoms with Crippen LogP contribution in [-0.2, 0) is 11.2 Å². The molecule has 0 aliphatic rings. The monoisotopic (exact) mass is 220 g/mol. The molecule has 3 N–H and O–H groups in total. The van der Waals surface area contributed by atoms with Crippen molar-refractivity contribution in [2.24, 2.45) is 5.92 Å². The highest BCUT2D eigenvalue weighted by Gasteiger charge is 2.05. The Balaban J connectivity index is 2.40. The van der Waals surface area contributed by atoms with Crippen LogP contribution >= 0.6 is 0 Å². The summed E-state index contributed by atoms with van der Waals surface area (Å²) in [7, 11) is 0. The van der Waals surface area contributed by atoms with Crippen molar-refractivity contribution in [3.8, 4) is 0 Å². The molecule has 0 fully saturated rings. The van der Waals surface area contributed by atoms with Gasteiger partial charge in [-0.25, -0.2) is 0 Å². The first-order valence-corrected chi connectivity index (χ1v) is 5.73. The molecule has 1 rings (SSSR count). The molecule has 0 radical (unpaired) electrons. The van der Waals surface area contributed by atoms with E-state index in [4.69, 9.17) is 5.73 Å². The average Bonchev–Trinajstić information content (AvgIpc) is 2.26. The van der Waals surface area contributed by atoms with Crippen molar-refractivity contribution in [2.45, 2.75) is 26.7 Å². The first-order chi connectivity index (χ1) is 7.61. The zero-order chi connectivity index (χ0) is 12.0. The van der Waals surface area contributed by atoms with Crippen molar-refractivity contribution in [1.82, 2.24) is 5.32 Å². The van der Waals surface area contributed by atoms with E-state index in [0.717, 1.165) is 18.5 Å². The van der Waals surface area contributed by atoms with E-state index < -0.39 is 0 Å². The van der Waals surface area contributed by atoms with Crippen molar-refractivity contribution >= 4 is 11.6 Å². The lowest BCUT2D eigenvalue weighted by Gasteiger charge is -2.10.